The van der Waals surface area contributed by atoms with Crippen molar-refractivity contribution in [3.8, 4) is 0 Å². The number of rotatable bonds is 3. The summed E-state index contributed by atoms with van der Waals surface area (Å²) in [5.74, 6) is 0. The highest BCUT2D eigenvalue weighted by Gasteiger charge is 2.03. The van der Waals surface area contributed by atoms with Crippen molar-refractivity contribution >= 4 is 23.4 Å². The lowest BCUT2D eigenvalue weighted by Gasteiger charge is -2.18. The second-order valence-corrected chi connectivity index (χ2v) is 4.16. The van der Waals surface area contributed by atoms with Crippen LogP contribution in [0.5, 0.6) is 0 Å². The molecule has 0 unspecified atom stereocenters. The van der Waals surface area contributed by atoms with E-state index in [9.17, 15) is 0 Å². The summed E-state index contributed by atoms with van der Waals surface area (Å²) in [5.41, 5.74) is 2.17. The van der Waals surface area contributed by atoms with Crippen molar-refractivity contribution in [1.82, 2.24) is 0 Å². The summed E-state index contributed by atoms with van der Waals surface area (Å²) in [5, 5.41) is 0.697. The van der Waals surface area contributed by atoms with Gasteiger partial charge in [-0.05, 0) is 23.8 Å². The smallest absolute Gasteiger partial charge is 0.109 e. The quantitative estimate of drug-likeness (QED) is 0.724. The monoisotopic (exact) mass is 243 g/mol. The standard InChI is InChI=1S/C15H14ClN/c1-17(14-10-6-3-7-11-14)15(16)12-13-8-4-2-5-9-13/h2-12H,1H3/b15-12-. The Hall–Kier alpha value is -1.73. The Morgan fingerprint density at radius 3 is 2.06 bits per heavy atom. The van der Waals surface area contributed by atoms with Gasteiger partial charge in [0.05, 0.1) is 0 Å². The summed E-state index contributed by atoms with van der Waals surface area (Å²) in [6.45, 7) is 0. The van der Waals surface area contributed by atoms with Crippen LogP contribution in [0.3, 0.4) is 0 Å². The van der Waals surface area contributed by atoms with Crippen LogP contribution in [-0.4, -0.2) is 7.05 Å². The number of benzene rings is 2. The summed E-state index contributed by atoms with van der Waals surface area (Å²) < 4.78 is 0. The van der Waals surface area contributed by atoms with Crippen LogP contribution in [0.4, 0.5) is 5.69 Å². The summed E-state index contributed by atoms with van der Waals surface area (Å²) in [7, 11) is 1.96. The molecule has 2 heteroatoms. The lowest BCUT2D eigenvalue weighted by Crippen LogP contribution is -2.12. The van der Waals surface area contributed by atoms with E-state index in [2.05, 4.69) is 0 Å². The lowest BCUT2D eigenvalue weighted by molar-refractivity contribution is 1.19. The first-order valence-electron chi connectivity index (χ1n) is 5.48. The summed E-state index contributed by atoms with van der Waals surface area (Å²) >= 11 is 6.29. The lowest BCUT2D eigenvalue weighted by atomic mass is 10.2. The van der Waals surface area contributed by atoms with Gasteiger partial charge in [0.2, 0.25) is 0 Å². The molecule has 0 aliphatic heterocycles. The molecule has 17 heavy (non-hydrogen) atoms. The largest absolute Gasteiger partial charge is 0.335 e. The molecule has 0 saturated carbocycles. The number of hydrogen-bond acceptors (Lipinski definition) is 1. The molecule has 0 atom stereocenters. The fourth-order valence-corrected chi connectivity index (χ4v) is 1.78. The molecule has 2 rings (SSSR count). The minimum absolute atomic E-state index is 0.697. The third kappa shape index (κ3) is 3.11. The van der Waals surface area contributed by atoms with E-state index in [1.165, 1.54) is 0 Å². The van der Waals surface area contributed by atoms with Gasteiger partial charge in [0.15, 0.2) is 0 Å². The van der Waals surface area contributed by atoms with Crippen molar-refractivity contribution in [1.29, 1.82) is 0 Å². The van der Waals surface area contributed by atoms with E-state index in [0.717, 1.165) is 11.3 Å². The fourth-order valence-electron chi connectivity index (χ4n) is 1.56. The average Bonchev–Trinajstić information content (AvgIpc) is 2.40. The number of nitrogens with zero attached hydrogens (tertiary/aromatic N) is 1. The van der Waals surface area contributed by atoms with E-state index in [0.29, 0.717) is 5.16 Å². The predicted octanol–water partition coefficient (Wildman–Crippen LogP) is 4.36. The highest BCUT2D eigenvalue weighted by Crippen LogP contribution is 2.21. The van der Waals surface area contributed by atoms with E-state index < -0.39 is 0 Å². The summed E-state index contributed by atoms with van der Waals surface area (Å²) in [6.07, 6.45) is 1.95. The Kier molecular flexibility index (Phi) is 3.84. The van der Waals surface area contributed by atoms with Gasteiger partial charge in [-0.3, -0.25) is 0 Å². The molecule has 2 aromatic carbocycles. The van der Waals surface area contributed by atoms with Crippen molar-refractivity contribution in [3.63, 3.8) is 0 Å². The summed E-state index contributed by atoms with van der Waals surface area (Å²) in [6, 6.07) is 20.1. The molecule has 0 aromatic heterocycles. The molecule has 0 saturated heterocycles. The van der Waals surface area contributed by atoms with Crippen LogP contribution in [0.25, 0.3) is 6.08 Å². The topological polar surface area (TPSA) is 3.24 Å². The first-order chi connectivity index (χ1) is 8.27. The van der Waals surface area contributed by atoms with Crippen LogP contribution < -0.4 is 4.90 Å². The fraction of sp³-hybridized carbons (Fsp3) is 0.0667. The van der Waals surface area contributed by atoms with Gasteiger partial charge in [-0.25, -0.2) is 0 Å². The number of para-hydroxylation sites is 1. The molecule has 1 nitrogen and oxygen atoms in total. The van der Waals surface area contributed by atoms with Crippen molar-refractivity contribution in [2.45, 2.75) is 0 Å². The van der Waals surface area contributed by atoms with Crippen LogP contribution in [0.1, 0.15) is 5.56 Å². The van der Waals surface area contributed by atoms with Gasteiger partial charge in [-0.2, -0.15) is 0 Å². The highest BCUT2D eigenvalue weighted by atomic mass is 35.5. The van der Waals surface area contributed by atoms with Crippen LogP contribution >= 0.6 is 11.6 Å². The van der Waals surface area contributed by atoms with Crippen molar-refractivity contribution < 1.29 is 0 Å². The van der Waals surface area contributed by atoms with Crippen molar-refractivity contribution in [2.75, 3.05) is 11.9 Å². The van der Waals surface area contributed by atoms with E-state index in [4.69, 9.17) is 11.6 Å². The van der Waals surface area contributed by atoms with Crippen molar-refractivity contribution in [3.05, 3.63) is 71.4 Å². The number of halogens is 1. The minimum atomic E-state index is 0.697. The van der Waals surface area contributed by atoms with Crippen molar-refractivity contribution in [2.24, 2.45) is 0 Å². The Balaban J connectivity index is 2.21. The molecular formula is C15H14ClN. The Labute approximate surface area is 107 Å². The van der Waals surface area contributed by atoms with Gasteiger partial charge >= 0.3 is 0 Å². The maximum atomic E-state index is 6.29. The molecule has 0 radical (unpaired) electrons. The molecule has 0 heterocycles. The third-order valence-corrected chi connectivity index (χ3v) is 2.91. The normalized spacial score (nSPS) is 11.3. The molecule has 0 amide bonds. The van der Waals surface area contributed by atoms with E-state index in [1.807, 2.05) is 78.7 Å². The molecule has 0 bridgehead atoms. The van der Waals surface area contributed by atoms with E-state index in [-0.39, 0.29) is 0 Å². The maximum Gasteiger partial charge on any atom is 0.109 e. The molecule has 0 N–H and O–H groups in total. The molecule has 2 aromatic rings. The van der Waals surface area contributed by atoms with Gasteiger partial charge in [-0.1, -0.05) is 60.1 Å². The SMILES string of the molecule is CN(/C(Cl)=C\c1ccccc1)c1ccccc1. The third-order valence-electron chi connectivity index (χ3n) is 2.55. The first-order valence-corrected chi connectivity index (χ1v) is 5.86. The number of anilines is 1. The number of hydrogen-bond donors (Lipinski definition) is 0. The summed E-state index contributed by atoms with van der Waals surface area (Å²) in [4.78, 5) is 1.95. The van der Waals surface area contributed by atoms with Gasteiger partial charge in [0.1, 0.15) is 5.16 Å². The maximum absolute atomic E-state index is 6.29. The predicted molar refractivity (Wildman–Crippen MR) is 75.1 cm³/mol. The molecule has 0 spiro atoms. The molecule has 0 aliphatic carbocycles. The average molecular weight is 244 g/mol. The van der Waals surface area contributed by atoms with Gasteiger partial charge < -0.3 is 4.90 Å². The first kappa shape index (κ1) is 11.7. The Morgan fingerprint density at radius 1 is 0.941 bits per heavy atom. The zero-order chi connectivity index (χ0) is 12.1. The minimum Gasteiger partial charge on any atom is -0.335 e. The Morgan fingerprint density at radius 2 is 1.47 bits per heavy atom. The molecule has 0 aliphatic rings. The van der Waals surface area contributed by atoms with Gasteiger partial charge in [0, 0.05) is 12.7 Å². The second-order valence-electron chi connectivity index (χ2n) is 3.77. The Bertz CT molecular complexity index is 491. The second kappa shape index (κ2) is 5.55. The van der Waals surface area contributed by atoms with Crippen LogP contribution in [0, 0.1) is 0 Å². The molecule has 86 valence electrons. The van der Waals surface area contributed by atoms with Crippen LogP contribution in [0.2, 0.25) is 0 Å². The van der Waals surface area contributed by atoms with Crippen LogP contribution in [0.15, 0.2) is 65.8 Å². The van der Waals surface area contributed by atoms with Gasteiger partial charge in [-0.15, -0.1) is 0 Å². The van der Waals surface area contributed by atoms with Gasteiger partial charge in [0.25, 0.3) is 0 Å². The molecular weight excluding hydrogens is 230 g/mol. The van der Waals surface area contributed by atoms with E-state index in [1.54, 1.807) is 0 Å². The zero-order valence-electron chi connectivity index (χ0n) is 9.68. The van der Waals surface area contributed by atoms with E-state index >= 15 is 0 Å². The molecule has 0 fully saturated rings. The van der Waals surface area contributed by atoms with Crippen LogP contribution in [-0.2, 0) is 0 Å². The zero-order valence-corrected chi connectivity index (χ0v) is 10.4. The highest BCUT2D eigenvalue weighted by molar-refractivity contribution is 6.33.